The highest BCUT2D eigenvalue weighted by Gasteiger charge is 2.28. The molecule has 1 unspecified atom stereocenters. The SMILES string of the molecule is COc1ccc2c(C(C)N3CCC(C(=O)NCc4ccc(N)cc4)CC3)cccc2c1. The summed E-state index contributed by atoms with van der Waals surface area (Å²) < 4.78 is 5.37. The van der Waals surface area contributed by atoms with E-state index in [-0.39, 0.29) is 11.8 Å². The van der Waals surface area contributed by atoms with Crippen LogP contribution in [0.1, 0.15) is 36.9 Å². The second-order valence-electron chi connectivity index (χ2n) is 8.38. The largest absolute Gasteiger partial charge is 0.497 e. The lowest BCUT2D eigenvalue weighted by atomic mass is 9.92. The van der Waals surface area contributed by atoms with Crippen molar-refractivity contribution in [2.24, 2.45) is 5.92 Å². The Balaban J connectivity index is 1.35. The van der Waals surface area contributed by atoms with Gasteiger partial charge in [-0.2, -0.15) is 0 Å². The molecule has 1 heterocycles. The van der Waals surface area contributed by atoms with Crippen LogP contribution in [0.3, 0.4) is 0 Å². The number of anilines is 1. The van der Waals surface area contributed by atoms with Gasteiger partial charge in [0, 0.05) is 24.2 Å². The number of nitrogen functional groups attached to an aromatic ring is 1. The lowest BCUT2D eigenvalue weighted by molar-refractivity contribution is -0.126. The molecule has 162 valence electrons. The Morgan fingerprint density at radius 3 is 2.58 bits per heavy atom. The smallest absolute Gasteiger partial charge is 0.223 e. The van der Waals surface area contributed by atoms with Crippen molar-refractivity contribution >= 4 is 22.4 Å². The van der Waals surface area contributed by atoms with Crippen LogP contribution in [0.2, 0.25) is 0 Å². The van der Waals surface area contributed by atoms with Crippen LogP contribution >= 0.6 is 0 Å². The topological polar surface area (TPSA) is 67.6 Å². The molecule has 1 amide bonds. The van der Waals surface area contributed by atoms with Crippen LogP contribution in [0.5, 0.6) is 5.75 Å². The van der Waals surface area contributed by atoms with Gasteiger partial charge in [-0.1, -0.05) is 36.4 Å². The summed E-state index contributed by atoms with van der Waals surface area (Å²) in [6.07, 6.45) is 1.77. The maximum atomic E-state index is 12.7. The molecule has 3 aromatic carbocycles. The zero-order valence-corrected chi connectivity index (χ0v) is 18.3. The first-order valence-electron chi connectivity index (χ1n) is 11.0. The first kappa shape index (κ1) is 21.2. The molecule has 3 aromatic rings. The predicted molar refractivity (Wildman–Crippen MR) is 126 cm³/mol. The summed E-state index contributed by atoms with van der Waals surface area (Å²) >= 11 is 0. The van der Waals surface area contributed by atoms with Gasteiger partial charge < -0.3 is 15.8 Å². The fourth-order valence-electron chi connectivity index (χ4n) is 4.49. The molecule has 0 saturated carbocycles. The molecule has 0 aliphatic carbocycles. The number of carbonyl (C=O) groups is 1. The molecule has 3 N–H and O–H groups in total. The number of methoxy groups -OCH3 is 1. The number of ether oxygens (including phenoxy) is 1. The van der Waals surface area contributed by atoms with E-state index in [1.54, 1.807) is 7.11 Å². The Morgan fingerprint density at radius 1 is 1.13 bits per heavy atom. The number of hydrogen-bond donors (Lipinski definition) is 2. The van der Waals surface area contributed by atoms with Gasteiger partial charge in [0.2, 0.25) is 5.91 Å². The van der Waals surface area contributed by atoms with Gasteiger partial charge in [-0.25, -0.2) is 0 Å². The number of benzene rings is 3. The van der Waals surface area contributed by atoms with Gasteiger partial charge >= 0.3 is 0 Å². The van der Waals surface area contributed by atoms with Crippen molar-refractivity contribution in [3.63, 3.8) is 0 Å². The summed E-state index contributed by atoms with van der Waals surface area (Å²) in [5, 5.41) is 5.55. The normalized spacial score (nSPS) is 16.2. The summed E-state index contributed by atoms with van der Waals surface area (Å²) in [5.74, 6) is 1.11. The van der Waals surface area contributed by atoms with Crippen LogP contribution in [0.4, 0.5) is 5.69 Å². The van der Waals surface area contributed by atoms with Crippen LogP contribution in [0, 0.1) is 5.92 Å². The molecule has 31 heavy (non-hydrogen) atoms. The Morgan fingerprint density at radius 2 is 1.87 bits per heavy atom. The Labute approximate surface area is 184 Å². The van der Waals surface area contributed by atoms with E-state index in [1.807, 2.05) is 30.3 Å². The molecule has 0 bridgehead atoms. The number of amides is 1. The van der Waals surface area contributed by atoms with Crippen LogP contribution in [0.15, 0.2) is 60.7 Å². The molecule has 1 aliphatic rings. The third kappa shape index (κ3) is 4.83. The molecule has 0 radical (unpaired) electrons. The molecule has 0 spiro atoms. The van der Waals surface area contributed by atoms with Crippen molar-refractivity contribution in [1.29, 1.82) is 0 Å². The molecule has 1 fully saturated rings. The third-order valence-electron chi connectivity index (χ3n) is 6.47. The quantitative estimate of drug-likeness (QED) is 0.579. The minimum absolute atomic E-state index is 0.0778. The molecule has 5 nitrogen and oxygen atoms in total. The Hall–Kier alpha value is -3.05. The van der Waals surface area contributed by atoms with E-state index >= 15 is 0 Å². The Bertz CT molecular complexity index is 1040. The molecule has 1 aliphatic heterocycles. The second-order valence-corrected chi connectivity index (χ2v) is 8.38. The number of nitrogens with two attached hydrogens (primary N) is 1. The van der Waals surface area contributed by atoms with Gasteiger partial charge in [-0.15, -0.1) is 0 Å². The first-order chi connectivity index (χ1) is 15.0. The number of nitrogens with one attached hydrogen (secondary N) is 1. The van der Waals surface area contributed by atoms with E-state index in [2.05, 4.69) is 47.5 Å². The number of rotatable bonds is 6. The lowest BCUT2D eigenvalue weighted by Crippen LogP contribution is -2.41. The fraction of sp³-hybridized carbons (Fsp3) is 0.346. The van der Waals surface area contributed by atoms with Crippen molar-refractivity contribution in [2.75, 3.05) is 25.9 Å². The number of likely N-dealkylation sites (tertiary alicyclic amines) is 1. The van der Waals surface area contributed by atoms with Gasteiger partial charge in [-0.3, -0.25) is 9.69 Å². The monoisotopic (exact) mass is 417 g/mol. The van der Waals surface area contributed by atoms with E-state index < -0.39 is 0 Å². The maximum Gasteiger partial charge on any atom is 0.223 e. The van der Waals surface area contributed by atoms with Crippen LogP contribution < -0.4 is 15.8 Å². The molecule has 1 atom stereocenters. The summed E-state index contributed by atoms with van der Waals surface area (Å²) in [5.41, 5.74) is 8.86. The fourth-order valence-corrected chi connectivity index (χ4v) is 4.49. The van der Waals surface area contributed by atoms with E-state index in [9.17, 15) is 4.79 Å². The maximum absolute atomic E-state index is 12.7. The van der Waals surface area contributed by atoms with Gasteiger partial charge in [0.25, 0.3) is 0 Å². The molecular weight excluding hydrogens is 386 g/mol. The van der Waals surface area contributed by atoms with Gasteiger partial charge in [0.1, 0.15) is 5.75 Å². The minimum Gasteiger partial charge on any atom is -0.497 e. The average Bonchev–Trinajstić information content (AvgIpc) is 2.82. The van der Waals surface area contributed by atoms with Crippen LogP contribution in [-0.2, 0) is 11.3 Å². The number of piperidine rings is 1. The van der Waals surface area contributed by atoms with Crippen LogP contribution in [0.25, 0.3) is 10.8 Å². The Kier molecular flexibility index (Phi) is 6.42. The summed E-state index contributed by atoms with van der Waals surface area (Å²) in [6.45, 7) is 4.66. The highest BCUT2D eigenvalue weighted by molar-refractivity contribution is 5.87. The second kappa shape index (κ2) is 9.40. The van der Waals surface area contributed by atoms with E-state index in [0.717, 1.165) is 42.9 Å². The molecule has 4 rings (SSSR count). The highest BCUT2D eigenvalue weighted by atomic mass is 16.5. The molecule has 5 heteroatoms. The van der Waals surface area contributed by atoms with Gasteiger partial charge in [0.05, 0.1) is 7.11 Å². The van der Waals surface area contributed by atoms with Crippen molar-refractivity contribution in [1.82, 2.24) is 10.2 Å². The number of carbonyl (C=O) groups excluding carboxylic acids is 1. The van der Waals surface area contributed by atoms with E-state index in [4.69, 9.17) is 10.5 Å². The third-order valence-corrected chi connectivity index (χ3v) is 6.47. The lowest BCUT2D eigenvalue weighted by Gasteiger charge is -2.36. The van der Waals surface area contributed by atoms with Crippen molar-refractivity contribution in [2.45, 2.75) is 32.4 Å². The standard InChI is InChI=1S/C26H31N3O2/c1-18(24-5-3-4-21-16-23(31-2)10-11-25(21)24)29-14-12-20(13-15-29)26(30)28-17-19-6-8-22(27)9-7-19/h3-11,16,18,20H,12-15,17,27H2,1-2H3,(H,28,30). The first-order valence-corrected chi connectivity index (χ1v) is 11.0. The van der Waals surface area contributed by atoms with Crippen LogP contribution in [-0.4, -0.2) is 31.0 Å². The highest BCUT2D eigenvalue weighted by Crippen LogP contribution is 2.32. The van der Waals surface area contributed by atoms with Gasteiger partial charge in [0.15, 0.2) is 0 Å². The minimum atomic E-state index is 0.0778. The number of hydrogen-bond acceptors (Lipinski definition) is 4. The van der Waals surface area contributed by atoms with Crippen molar-refractivity contribution in [3.8, 4) is 5.75 Å². The number of fused-ring (bicyclic) bond motifs is 1. The van der Waals surface area contributed by atoms with E-state index in [0.29, 0.717) is 12.6 Å². The molecular formula is C26H31N3O2. The zero-order chi connectivity index (χ0) is 21.8. The summed E-state index contributed by atoms with van der Waals surface area (Å²) in [7, 11) is 1.70. The average molecular weight is 418 g/mol. The van der Waals surface area contributed by atoms with Crippen molar-refractivity contribution in [3.05, 3.63) is 71.8 Å². The summed E-state index contributed by atoms with van der Waals surface area (Å²) in [4.78, 5) is 15.1. The predicted octanol–water partition coefficient (Wildman–Crippen LogP) is 4.52. The van der Waals surface area contributed by atoms with E-state index in [1.165, 1.54) is 16.3 Å². The van der Waals surface area contributed by atoms with Gasteiger partial charge in [-0.05, 0) is 79.0 Å². The molecule has 0 aromatic heterocycles. The summed E-state index contributed by atoms with van der Waals surface area (Å²) in [6, 6.07) is 20.7. The molecule has 1 saturated heterocycles. The number of nitrogens with zero attached hydrogens (tertiary/aromatic N) is 1. The van der Waals surface area contributed by atoms with Crippen molar-refractivity contribution < 1.29 is 9.53 Å². The zero-order valence-electron chi connectivity index (χ0n) is 18.3.